The zero-order valence-electron chi connectivity index (χ0n) is 12.8. The second kappa shape index (κ2) is 4.98. The smallest absolute Gasteiger partial charge is 0.335 e. The summed E-state index contributed by atoms with van der Waals surface area (Å²) in [5.41, 5.74) is 3.54. The molecule has 1 N–H and O–H groups in total. The summed E-state index contributed by atoms with van der Waals surface area (Å²) < 4.78 is 5.71. The first-order chi connectivity index (χ1) is 10.3. The van der Waals surface area contributed by atoms with Crippen molar-refractivity contribution in [2.45, 2.75) is 26.2 Å². The molecule has 0 radical (unpaired) electrons. The number of aromatic nitrogens is 1. The number of aromatic carboxylic acids is 1. The number of rotatable bonds is 2. The summed E-state index contributed by atoms with van der Waals surface area (Å²) in [6.45, 7) is 6.48. The third kappa shape index (κ3) is 2.60. The highest BCUT2D eigenvalue weighted by Gasteiger charge is 2.15. The van der Waals surface area contributed by atoms with Crippen molar-refractivity contribution in [3.05, 3.63) is 53.6 Å². The highest BCUT2D eigenvalue weighted by molar-refractivity contribution is 5.92. The average molecular weight is 295 g/mol. The summed E-state index contributed by atoms with van der Waals surface area (Å²) in [5.74, 6) is -0.473. The fourth-order valence-electron chi connectivity index (χ4n) is 2.30. The molecular weight excluding hydrogens is 278 g/mol. The SMILES string of the molecule is CC(C)(C)c1ccc(-c2nc3cc(C(=O)O)ccc3o2)cc1. The summed E-state index contributed by atoms with van der Waals surface area (Å²) in [5, 5.41) is 9.02. The molecule has 2 aromatic carbocycles. The fourth-order valence-corrected chi connectivity index (χ4v) is 2.30. The second-order valence-corrected chi connectivity index (χ2v) is 6.33. The van der Waals surface area contributed by atoms with Crippen molar-refractivity contribution in [2.75, 3.05) is 0 Å². The lowest BCUT2D eigenvalue weighted by Gasteiger charge is -2.18. The van der Waals surface area contributed by atoms with Crippen LogP contribution in [-0.2, 0) is 5.41 Å². The first kappa shape index (κ1) is 14.3. The van der Waals surface area contributed by atoms with Crippen LogP contribution in [0.15, 0.2) is 46.9 Å². The van der Waals surface area contributed by atoms with Crippen molar-refractivity contribution in [3.63, 3.8) is 0 Å². The van der Waals surface area contributed by atoms with E-state index in [1.807, 2.05) is 12.1 Å². The number of nitrogens with zero attached hydrogens (tertiary/aromatic N) is 1. The van der Waals surface area contributed by atoms with Crippen LogP contribution < -0.4 is 0 Å². The molecule has 0 saturated carbocycles. The Bertz CT molecular complexity index is 839. The van der Waals surface area contributed by atoms with Gasteiger partial charge in [0.25, 0.3) is 0 Å². The molecule has 0 bridgehead atoms. The van der Waals surface area contributed by atoms with E-state index in [1.54, 1.807) is 6.07 Å². The van der Waals surface area contributed by atoms with Crippen LogP contribution in [0.3, 0.4) is 0 Å². The van der Waals surface area contributed by atoms with Gasteiger partial charge in [0, 0.05) is 5.56 Å². The quantitative estimate of drug-likeness (QED) is 0.756. The van der Waals surface area contributed by atoms with E-state index in [9.17, 15) is 4.79 Å². The van der Waals surface area contributed by atoms with Gasteiger partial charge in [-0.15, -0.1) is 0 Å². The van der Waals surface area contributed by atoms with E-state index in [1.165, 1.54) is 17.7 Å². The molecule has 3 rings (SSSR count). The van der Waals surface area contributed by atoms with E-state index >= 15 is 0 Å². The van der Waals surface area contributed by atoms with E-state index < -0.39 is 5.97 Å². The summed E-state index contributed by atoms with van der Waals surface area (Å²) in [4.78, 5) is 15.4. The second-order valence-electron chi connectivity index (χ2n) is 6.33. The van der Waals surface area contributed by atoms with Gasteiger partial charge in [0.15, 0.2) is 5.58 Å². The first-order valence-electron chi connectivity index (χ1n) is 7.09. The molecule has 0 aliphatic rings. The van der Waals surface area contributed by atoms with Gasteiger partial charge in [-0.2, -0.15) is 0 Å². The normalized spacial score (nSPS) is 11.8. The Morgan fingerprint density at radius 2 is 1.77 bits per heavy atom. The van der Waals surface area contributed by atoms with Gasteiger partial charge in [-0.05, 0) is 41.3 Å². The van der Waals surface area contributed by atoms with Crippen molar-refractivity contribution < 1.29 is 14.3 Å². The van der Waals surface area contributed by atoms with Crippen molar-refractivity contribution in [2.24, 2.45) is 0 Å². The Kier molecular flexibility index (Phi) is 3.24. The molecule has 3 aromatic rings. The van der Waals surface area contributed by atoms with Crippen LogP contribution in [0, 0.1) is 0 Å². The molecule has 0 amide bonds. The van der Waals surface area contributed by atoms with Crippen LogP contribution in [0.2, 0.25) is 0 Å². The molecule has 112 valence electrons. The zero-order chi connectivity index (χ0) is 15.9. The lowest BCUT2D eigenvalue weighted by atomic mass is 9.87. The number of hydrogen-bond acceptors (Lipinski definition) is 3. The van der Waals surface area contributed by atoms with Gasteiger partial charge < -0.3 is 9.52 Å². The topological polar surface area (TPSA) is 63.3 Å². The van der Waals surface area contributed by atoms with Gasteiger partial charge >= 0.3 is 5.97 Å². The molecule has 1 heterocycles. The number of carboxylic acid groups (broad SMARTS) is 1. The number of carbonyl (C=O) groups is 1. The Balaban J connectivity index is 2.01. The monoisotopic (exact) mass is 295 g/mol. The largest absolute Gasteiger partial charge is 0.478 e. The minimum absolute atomic E-state index is 0.0935. The predicted molar refractivity (Wildman–Crippen MR) is 85.1 cm³/mol. The Labute approximate surface area is 128 Å². The van der Waals surface area contributed by atoms with Crippen LogP contribution >= 0.6 is 0 Å². The summed E-state index contributed by atoms with van der Waals surface area (Å²) >= 11 is 0. The Hall–Kier alpha value is -2.62. The molecule has 0 atom stereocenters. The average Bonchev–Trinajstić information content (AvgIpc) is 2.89. The third-order valence-electron chi connectivity index (χ3n) is 3.63. The summed E-state index contributed by atoms with van der Waals surface area (Å²) in [6.07, 6.45) is 0. The van der Waals surface area contributed by atoms with Gasteiger partial charge in [0.05, 0.1) is 5.56 Å². The van der Waals surface area contributed by atoms with E-state index in [0.29, 0.717) is 17.0 Å². The summed E-state index contributed by atoms with van der Waals surface area (Å²) in [7, 11) is 0. The number of carboxylic acids is 1. The number of benzene rings is 2. The number of hydrogen-bond donors (Lipinski definition) is 1. The number of oxazole rings is 1. The standard InChI is InChI=1S/C18H17NO3/c1-18(2,3)13-7-4-11(5-8-13)16-19-14-10-12(17(20)21)6-9-15(14)22-16/h4-10H,1-3H3,(H,20,21). The minimum Gasteiger partial charge on any atom is -0.478 e. The molecule has 4 heteroatoms. The molecule has 4 nitrogen and oxygen atoms in total. The highest BCUT2D eigenvalue weighted by Crippen LogP contribution is 2.28. The van der Waals surface area contributed by atoms with Gasteiger partial charge in [0.1, 0.15) is 5.52 Å². The minimum atomic E-state index is -0.971. The van der Waals surface area contributed by atoms with Crippen LogP contribution in [-0.4, -0.2) is 16.1 Å². The first-order valence-corrected chi connectivity index (χ1v) is 7.09. The Morgan fingerprint density at radius 3 is 2.36 bits per heavy atom. The van der Waals surface area contributed by atoms with E-state index in [4.69, 9.17) is 9.52 Å². The third-order valence-corrected chi connectivity index (χ3v) is 3.63. The molecular formula is C18H17NO3. The Morgan fingerprint density at radius 1 is 1.09 bits per heavy atom. The molecule has 0 aliphatic carbocycles. The van der Waals surface area contributed by atoms with Gasteiger partial charge in [0.2, 0.25) is 5.89 Å². The summed E-state index contributed by atoms with van der Waals surface area (Å²) in [6, 6.07) is 12.8. The number of fused-ring (bicyclic) bond motifs is 1. The molecule has 0 unspecified atom stereocenters. The maximum absolute atomic E-state index is 11.0. The lowest BCUT2D eigenvalue weighted by Crippen LogP contribution is -2.10. The van der Waals surface area contributed by atoms with E-state index in [2.05, 4.69) is 37.9 Å². The van der Waals surface area contributed by atoms with Gasteiger partial charge in [-0.3, -0.25) is 0 Å². The van der Waals surface area contributed by atoms with Gasteiger partial charge in [-0.1, -0.05) is 32.9 Å². The van der Waals surface area contributed by atoms with Crippen molar-refractivity contribution in [1.82, 2.24) is 4.98 Å². The van der Waals surface area contributed by atoms with Crippen LogP contribution in [0.5, 0.6) is 0 Å². The van der Waals surface area contributed by atoms with Crippen molar-refractivity contribution >= 4 is 17.1 Å². The molecule has 0 spiro atoms. The van der Waals surface area contributed by atoms with E-state index in [-0.39, 0.29) is 11.0 Å². The predicted octanol–water partition coefficient (Wildman–Crippen LogP) is 4.49. The molecule has 0 aliphatic heterocycles. The highest BCUT2D eigenvalue weighted by atomic mass is 16.4. The van der Waals surface area contributed by atoms with Crippen LogP contribution in [0.4, 0.5) is 0 Å². The maximum atomic E-state index is 11.0. The maximum Gasteiger partial charge on any atom is 0.335 e. The molecule has 1 aromatic heterocycles. The lowest BCUT2D eigenvalue weighted by molar-refractivity contribution is 0.0697. The molecule has 0 saturated heterocycles. The van der Waals surface area contributed by atoms with Crippen molar-refractivity contribution in [1.29, 1.82) is 0 Å². The molecule has 0 fully saturated rings. The van der Waals surface area contributed by atoms with Crippen LogP contribution in [0.1, 0.15) is 36.7 Å². The fraction of sp³-hybridized carbons (Fsp3) is 0.222. The van der Waals surface area contributed by atoms with E-state index in [0.717, 1.165) is 5.56 Å². The van der Waals surface area contributed by atoms with Gasteiger partial charge in [-0.25, -0.2) is 9.78 Å². The van der Waals surface area contributed by atoms with Crippen LogP contribution in [0.25, 0.3) is 22.6 Å². The van der Waals surface area contributed by atoms with Crippen molar-refractivity contribution in [3.8, 4) is 11.5 Å². The molecule has 22 heavy (non-hydrogen) atoms. The zero-order valence-corrected chi connectivity index (χ0v) is 12.8.